The van der Waals surface area contributed by atoms with Crippen LogP contribution in [0.25, 0.3) is 0 Å². The molecular formula is C9H23P. The van der Waals surface area contributed by atoms with E-state index in [2.05, 4.69) is 40.8 Å². The van der Waals surface area contributed by atoms with E-state index >= 15 is 0 Å². The van der Waals surface area contributed by atoms with Crippen LogP contribution in [0, 0.1) is 0 Å². The molecule has 0 bridgehead atoms. The van der Waals surface area contributed by atoms with E-state index in [1.54, 1.807) is 0 Å². The molecule has 0 amide bonds. The van der Waals surface area contributed by atoms with Crippen LogP contribution >= 0.6 is 7.26 Å². The maximum atomic E-state index is 2.46. The van der Waals surface area contributed by atoms with Gasteiger partial charge in [-0.25, -0.2) is 0 Å². The predicted octanol–water partition coefficient (Wildman–Crippen LogP) is 3.20. The zero-order chi connectivity index (χ0) is 8.41. The molecule has 0 radical (unpaired) electrons. The van der Waals surface area contributed by atoms with Crippen LogP contribution in [0.4, 0.5) is 0 Å². The summed E-state index contributed by atoms with van der Waals surface area (Å²) in [4.78, 5) is 0. The van der Waals surface area contributed by atoms with Gasteiger partial charge in [-0.1, -0.05) is 0 Å². The van der Waals surface area contributed by atoms with Gasteiger partial charge in [0.05, 0.1) is 0 Å². The summed E-state index contributed by atoms with van der Waals surface area (Å²) in [5.74, 6) is 0. The quantitative estimate of drug-likeness (QED) is 0.559. The minimum atomic E-state index is -0.906. The first-order valence-electron chi connectivity index (χ1n) is 4.31. The topological polar surface area (TPSA) is 0 Å². The molecule has 0 aliphatic rings. The van der Waals surface area contributed by atoms with Crippen molar-refractivity contribution in [1.29, 1.82) is 0 Å². The van der Waals surface area contributed by atoms with Crippen molar-refractivity contribution < 1.29 is 0 Å². The Morgan fingerprint density at radius 2 is 1.50 bits per heavy atom. The molecule has 1 heteroatoms. The maximum absolute atomic E-state index is 2.46. The van der Waals surface area contributed by atoms with Gasteiger partial charge >= 0.3 is 66.0 Å². The second-order valence-corrected chi connectivity index (χ2v) is 10.7. The molecule has 0 aromatic heterocycles. The third-order valence-corrected chi connectivity index (χ3v) is 7.22. The Labute approximate surface area is 66.7 Å². The second-order valence-electron chi connectivity index (χ2n) is 4.88. The molecule has 0 aromatic rings. The van der Waals surface area contributed by atoms with Crippen LogP contribution in [0.3, 0.4) is 0 Å². The van der Waals surface area contributed by atoms with E-state index in [1.165, 1.54) is 12.8 Å². The zero-order valence-electron chi connectivity index (χ0n) is 8.41. The molecule has 0 heterocycles. The summed E-state index contributed by atoms with van der Waals surface area (Å²) >= 11 is 0. The Kier molecular flexibility index (Phi) is 3.36. The van der Waals surface area contributed by atoms with E-state index in [-0.39, 0.29) is 0 Å². The van der Waals surface area contributed by atoms with Crippen LogP contribution in [-0.2, 0) is 0 Å². The molecule has 0 fully saturated rings. The molecule has 0 saturated heterocycles. The van der Waals surface area contributed by atoms with Crippen LogP contribution in [0.2, 0.25) is 0 Å². The molecule has 0 aliphatic carbocycles. The van der Waals surface area contributed by atoms with E-state index in [0.717, 1.165) is 0 Å². The van der Waals surface area contributed by atoms with Crippen molar-refractivity contribution in [1.82, 2.24) is 0 Å². The fourth-order valence-corrected chi connectivity index (χ4v) is 2.00. The molecule has 0 rings (SSSR count). The second kappa shape index (κ2) is 3.22. The summed E-state index contributed by atoms with van der Waals surface area (Å²) in [5.41, 5.74) is 0. The van der Waals surface area contributed by atoms with Crippen molar-refractivity contribution in [2.45, 2.75) is 38.8 Å². The Hall–Kier alpha value is 0.430. The molecule has 64 valence electrons. The number of rotatable bonds is 3. The SMILES string of the molecule is CCCC(C)(C)[PH](C)(C)C. The van der Waals surface area contributed by atoms with Crippen LogP contribution in [0.15, 0.2) is 0 Å². The molecule has 0 saturated carbocycles. The van der Waals surface area contributed by atoms with Crippen molar-refractivity contribution in [2.75, 3.05) is 20.0 Å². The Morgan fingerprint density at radius 1 is 1.10 bits per heavy atom. The van der Waals surface area contributed by atoms with E-state index in [0.29, 0.717) is 5.16 Å². The minimum absolute atomic E-state index is 0.627. The number of hydrogen-bond donors (Lipinski definition) is 0. The molecule has 0 unspecified atom stereocenters. The van der Waals surface area contributed by atoms with E-state index < -0.39 is 7.26 Å². The Bertz CT molecular complexity index is 97.8. The summed E-state index contributed by atoms with van der Waals surface area (Å²) in [5, 5.41) is 0.627. The molecule has 0 aromatic carbocycles. The molecule has 0 atom stereocenters. The van der Waals surface area contributed by atoms with Crippen molar-refractivity contribution >= 4 is 7.26 Å². The Morgan fingerprint density at radius 3 is 1.60 bits per heavy atom. The average Bonchev–Trinajstić information content (AvgIpc) is 1.61. The first-order valence-corrected chi connectivity index (χ1v) is 7.81. The zero-order valence-corrected chi connectivity index (χ0v) is 9.41. The molecule has 0 nitrogen and oxygen atoms in total. The first kappa shape index (κ1) is 10.4. The van der Waals surface area contributed by atoms with Gasteiger partial charge in [-0.3, -0.25) is 0 Å². The van der Waals surface area contributed by atoms with Gasteiger partial charge in [0, 0.05) is 0 Å². The van der Waals surface area contributed by atoms with E-state index in [9.17, 15) is 0 Å². The van der Waals surface area contributed by atoms with Gasteiger partial charge in [0.2, 0.25) is 0 Å². The van der Waals surface area contributed by atoms with Gasteiger partial charge in [-0.05, 0) is 0 Å². The van der Waals surface area contributed by atoms with Gasteiger partial charge in [-0.2, -0.15) is 0 Å². The van der Waals surface area contributed by atoms with Crippen LogP contribution in [0.5, 0.6) is 0 Å². The summed E-state index contributed by atoms with van der Waals surface area (Å²) in [7, 11) is -0.906. The first-order chi connectivity index (χ1) is 4.31. The fraction of sp³-hybridized carbons (Fsp3) is 1.00. The Balaban J connectivity index is 4.10. The van der Waals surface area contributed by atoms with Crippen LogP contribution in [0.1, 0.15) is 33.6 Å². The van der Waals surface area contributed by atoms with Crippen molar-refractivity contribution in [2.24, 2.45) is 0 Å². The molecule has 0 N–H and O–H groups in total. The standard InChI is InChI=1S/C9H23P/c1-7-8-9(2,3)10(4,5)6/h10H,7-8H2,1-6H3. The molecule has 0 spiro atoms. The average molecular weight is 162 g/mol. The van der Waals surface area contributed by atoms with Crippen LogP contribution < -0.4 is 0 Å². The third-order valence-electron chi connectivity index (χ3n) is 2.91. The van der Waals surface area contributed by atoms with Gasteiger partial charge in [0.15, 0.2) is 0 Å². The van der Waals surface area contributed by atoms with E-state index in [4.69, 9.17) is 0 Å². The van der Waals surface area contributed by atoms with Crippen LogP contribution in [-0.4, -0.2) is 25.2 Å². The van der Waals surface area contributed by atoms with Crippen molar-refractivity contribution in [3.63, 3.8) is 0 Å². The molecule has 0 aliphatic heterocycles. The number of hydrogen-bond acceptors (Lipinski definition) is 0. The summed E-state index contributed by atoms with van der Waals surface area (Å²) < 4.78 is 0. The molecular weight excluding hydrogens is 139 g/mol. The van der Waals surface area contributed by atoms with Gasteiger partial charge < -0.3 is 0 Å². The summed E-state index contributed by atoms with van der Waals surface area (Å²) in [6.07, 6.45) is 2.72. The predicted molar refractivity (Wildman–Crippen MR) is 55.1 cm³/mol. The van der Waals surface area contributed by atoms with Gasteiger partial charge in [0.25, 0.3) is 0 Å². The monoisotopic (exact) mass is 162 g/mol. The summed E-state index contributed by atoms with van der Waals surface area (Å²) in [6, 6.07) is 0. The normalized spacial score (nSPS) is 15.4. The van der Waals surface area contributed by atoms with Crippen molar-refractivity contribution in [3.05, 3.63) is 0 Å². The summed E-state index contributed by atoms with van der Waals surface area (Å²) in [6.45, 7) is 14.5. The van der Waals surface area contributed by atoms with Crippen molar-refractivity contribution in [3.8, 4) is 0 Å². The van der Waals surface area contributed by atoms with Gasteiger partial charge in [-0.15, -0.1) is 0 Å². The van der Waals surface area contributed by atoms with Gasteiger partial charge in [0.1, 0.15) is 0 Å². The van der Waals surface area contributed by atoms with E-state index in [1.807, 2.05) is 0 Å². The third kappa shape index (κ3) is 2.58. The fourth-order valence-electron chi connectivity index (χ4n) is 1.000. The molecule has 10 heavy (non-hydrogen) atoms.